The molecule has 15 heteroatoms. The molecule has 0 bridgehead atoms. The molecule has 4 rings (SSSR count). The van der Waals surface area contributed by atoms with Crippen LogP contribution in [0.4, 0.5) is 0 Å². The molecule has 1 aliphatic heterocycles. The molecule has 1 aromatic carbocycles. The third-order valence-corrected chi connectivity index (χ3v) is 8.41. The Hall–Kier alpha value is -3.42. The number of nitrogens with zero attached hydrogens (tertiary/aromatic N) is 3. The van der Waals surface area contributed by atoms with E-state index >= 15 is 0 Å². The topological polar surface area (TPSA) is 181 Å². The van der Waals surface area contributed by atoms with Gasteiger partial charge in [0.25, 0.3) is 5.88 Å². The summed E-state index contributed by atoms with van der Waals surface area (Å²) in [5.74, 6) is -1.93. The first-order chi connectivity index (χ1) is 20.0. The zero-order chi connectivity index (χ0) is 30.4. The molecule has 2 aromatic heterocycles. The number of thiazole rings is 1. The summed E-state index contributed by atoms with van der Waals surface area (Å²) in [6.07, 6.45) is -0.0670. The fraction of sp³-hybridized carbons (Fsp3) is 0.444. The van der Waals surface area contributed by atoms with E-state index in [0.717, 1.165) is 21.7 Å². The second-order valence-electron chi connectivity index (χ2n) is 10.2. The number of carbonyl (C=O) groups excluding carboxylic acids is 3. The zero-order valence-electron chi connectivity index (χ0n) is 23.3. The number of likely N-dealkylation sites (tertiary alicyclic amines) is 1. The predicted octanol–water partition coefficient (Wildman–Crippen LogP) is 2.86. The third-order valence-electron chi connectivity index (χ3n) is 6.85. The molecule has 1 aliphatic rings. The Labute approximate surface area is 246 Å². The number of benzene rings is 1. The van der Waals surface area contributed by atoms with Crippen LogP contribution in [0, 0.1) is 12.8 Å². The van der Waals surface area contributed by atoms with Gasteiger partial charge in [0.1, 0.15) is 18.6 Å². The molecular weight excluding hydrogens is 587 g/mol. The average Bonchev–Trinajstić information content (AvgIpc) is 3.67. The van der Waals surface area contributed by atoms with Crippen molar-refractivity contribution in [1.82, 2.24) is 20.4 Å². The molecule has 0 aliphatic carbocycles. The van der Waals surface area contributed by atoms with Crippen LogP contribution in [0.15, 0.2) is 40.4 Å². The fourth-order valence-electron chi connectivity index (χ4n) is 4.93. The van der Waals surface area contributed by atoms with Crippen molar-refractivity contribution in [2.75, 3.05) is 19.7 Å². The molecule has 1 saturated heterocycles. The maximum atomic E-state index is 13.8. The van der Waals surface area contributed by atoms with Crippen LogP contribution < -0.4 is 10.1 Å². The Morgan fingerprint density at radius 2 is 2.02 bits per heavy atom. The van der Waals surface area contributed by atoms with Crippen LogP contribution in [-0.4, -0.2) is 74.8 Å². The highest BCUT2D eigenvalue weighted by Crippen LogP contribution is 2.41. The van der Waals surface area contributed by atoms with E-state index in [1.54, 1.807) is 30.7 Å². The number of nitrogens with one attached hydrogen (secondary N) is 1. The number of hydrogen-bond donors (Lipinski definition) is 3. The predicted molar refractivity (Wildman–Crippen MR) is 152 cm³/mol. The Balaban J connectivity index is 1.45. The van der Waals surface area contributed by atoms with E-state index in [9.17, 15) is 28.7 Å². The zero-order valence-corrected chi connectivity index (χ0v) is 25.0. The Kier molecular flexibility index (Phi) is 10.3. The molecule has 226 valence electrons. The molecule has 1 fully saturated rings. The van der Waals surface area contributed by atoms with Crippen LogP contribution >= 0.6 is 19.2 Å². The van der Waals surface area contributed by atoms with E-state index in [1.807, 2.05) is 31.2 Å². The maximum Gasteiger partial charge on any atom is 0.469 e. The molecule has 0 saturated carbocycles. The summed E-state index contributed by atoms with van der Waals surface area (Å²) in [5.41, 5.74) is 4.83. The van der Waals surface area contributed by atoms with Crippen molar-refractivity contribution >= 4 is 37.3 Å². The summed E-state index contributed by atoms with van der Waals surface area (Å²) in [4.78, 5) is 63.1. The van der Waals surface area contributed by atoms with Gasteiger partial charge >= 0.3 is 7.82 Å². The van der Waals surface area contributed by atoms with Gasteiger partial charge in [0.2, 0.25) is 11.8 Å². The third kappa shape index (κ3) is 7.90. The Bertz CT molecular complexity index is 1440. The molecule has 0 spiro atoms. The average molecular weight is 621 g/mol. The molecule has 3 heterocycles. The number of aldehydes is 1. The number of phosphoric acid groups is 1. The second kappa shape index (κ2) is 13.7. The van der Waals surface area contributed by atoms with Crippen molar-refractivity contribution in [2.45, 2.75) is 51.7 Å². The van der Waals surface area contributed by atoms with Gasteiger partial charge < -0.3 is 29.3 Å². The van der Waals surface area contributed by atoms with Gasteiger partial charge in [0.05, 0.1) is 22.2 Å². The molecule has 3 N–H and O–H groups in total. The molecule has 2 amide bonds. The standard InChI is InChI=1S/C27H33N4O9PS/c1-16(2)24(22-13-23(30-39-22)38-11-10-32)27(34)31-14-20(40-41(35,36)37)12-21(31)26(33)28-9-8-18-4-6-19(7-5-18)25-17(3)29-15-42-25/h4-7,10,13,15-16,20-21,24H,8-9,11-12,14H2,1-3H3,(H,28,33)(H2,35,36,37)/t20-,21-,24-/m0/s1. The van der Waals surface area contributed by atoms with Gasteiger partial charge in [0.15, 0.2) is 12.0 Å². The van der Waals surface area contributed by atoms with E-state index in [2.05, 4.69) is 15.5 Å². The van der Waals surface area contributed by atoms with Crippen LogP contribution in [0.3, 0.4) is 0 Å². The van der Waals surface area contributed by atoms with Crippen molar-refractivity contribution in [2.24, 2.45) is 5.92 Å². The number of rotatable bonds is 13. The first kappa shape index (κ1) is 31.5. The summed E-state index contributed by atoms with van der Waals surface area (Å²) < 4.78 is 26.9. The lowest BCUT2D eigenvalue weighted by Crippen LogP contribution is -2.48. The molecule has 42 heavy (non-hydrogen) atoms. The number of amides is 2. The van der Waals surface area contributed by atoms with E-state index in [4.69, 9.17) is 13.8 Å². The number of hydrogen-bond acceptors (Lipinski definition) is 10. The monoisotopic (exact) mass is 620 g/mol. The first-order valence-corrected chi connectivity index (χ1v) is 15.7. The number of aryl methyl sites for hydroxylation is 1. The van der Waals surface area contributed by atoms with Crippen molar-refractivity contribution in [3.8, 4) is 16.3 Å². The highest BCUT2D eigenvalue weighted by Gasteiger charge is 2.45. The summed E-state index contributed by atoms with van der Waals surface area (Å²) in [5, 5.41) is 6.59. The summed E-state index contributed by atoms with van der Waals surface area (Å²) >= 11 is 1.57. The van der Waals surface area contributed by atoms with Crippen LogP contribution in [0.25, 0.3) is 10.4 Å². The van der Waals surface area contributed by atoms with E-state index in [0.29, 0.717) is 12.7 Å². The lowest BCUT2D eigenvalue weighted by molar-refractivity contribution is -0.140. The van der Waals surface area contributed by atoms with E-state index in [1.165, 1.54) is 11.0 Å². The maximum absolute atomic E-state index is 13.8. The molecule has 3 aromatic rings. The largest absolute Gasteiger partial charge is 0.469 e. The number of aromatic nitrogens is 2. The van der Waals surface area contributed by atoms with Crippen molar-refractivity contribution in [3.63, 3.8) is 0 Å². The van der Waals surface area contributed by atoms with Crippen LogP contribution in [-0.2, 0) is 29.9 Å². The van der Waals surface area contributed by atoms with Crippen molar-refractivity contribution in [3.05, 3.63) is 52.9 Å². The highest BCUT2D eigenvalue weighted by molar-refractivity contribution is 7.46. The molecule has 13 nitrogen and oxygen atoms in total. The quantitative estimate of drug-likeness (QED) is 0.189. The SMILES string of the molecule is Cc1ncsc1-c1ccc(CCNC(=O)[C@@H]2C[C@H](OP(=O)(O)O)CN2C(=O)[C@H](c2cc(OCC=O)no2)C(C)C)cc1. The second-order valence-corrected chi connectivity index (χ2v) is 12.3. The molecule has 0 unspecified atom stereocenters. The van der Waals surface area contributed by atoms with Crippen LogP contribution in [0.2, 0.25) is 0 Å². The minimum absolute atomic E-state index is 0.0317. The molecule has 0 radical (unpaired) electrons. The molecule has 3 atom stereocenters. The lowest BCUT2D eigenvalue weighted by Gasteiger charge is -2.28. The minimum Gasteiger partial charge on any atom is -0.468 e. The smallest absolute Gasteiger partial charge is 0.468 e. The first-order valence-electron chi connectivity index (χ1n) is 13.3. The summed E-state index contributed by atoms with van der Waals surface area (Å²) in [6, 6.07) is 8.35. The van der Waals surface area contributed by atoms with Gasteiger partial charge in [-0.25, -0.2) is 9.55 Å². The van der Waals surface area contributed by atoms with Gasteiger partial charge in [-0.3, -0.25) is 18.9 Å². The van der Waals surface area contributed by atoms with Gasteiger partial charge in [-0.15, -0.1) is 11.3 Å². The van der Waals surface area contributed by atoms with Crippen LogP contribution in [0.5, 0.6) is 5.88 Å². The van der Waals surface area contributed by atoms with Gasteiger partial charge in [-0.2, -0.15) is 0 Å². The minimum atomic E-state index is -4.87. The Morgan fingerprint density at radius 3 is 2.64 bits per heavy atom. The van der Waals surface area contributed by atoms with E-state index in [-0.39, 0.29) is 43.7 Å². The number of ether oxygens (including phenoxy) is 1. The van der Waals surface area contributed by atoms with E-state index < -0.39 is 37.7 Å². The summed E-state index contributed by atoms with van der Waals surface area (Å²) in [7, 11) is -4.87. The van der Waals surface area contributed by atoms with Crippen molar-refractivity contribution in [1.29, 1.82) is 0 Å². The van der Waals surface area contributed by atoms with Gasteiger partial charge in [-0.1, -0.05) is 38.1 Å². The van der Waals surface area contributed by atoms with Crippen LogP contribution in [0.1, 0.15) is 43.2 Å². The summed E-state index contributed by atoms with van der Waals surface area (Å²) in [6.45, 7) is 5.37. The molecular formula is C27H33N4O9PS. The highest BCUT2D eigenvalue weighted by atomic mass is 32.1. The van der Waals surface area contributed by atoms with Gasteiger partial charge in [0, 0.05) is 25.6 Å². The normalized spacial score (nSPS) is 17.8. The van der Waals surface area contributed by atoms with Crippen molar-refractivity contribution < 1.29 is 42.5 Å². The number of phosphoric ester groups is 1. The van der Waals surface area contributed by atoms with Gasteiger partial charge in [-0.05, 0) is 35.5 Å². The fourth-order valence-corrected chi connectivity index (χ4v) is 6.28. The lowest BCUT2D eigenvalue weighted by atomic mass is 9.91. The number of carbonyl (C=O) groups is 3. The Morgan fingerprint density at radius 1 is 1.29 bits per heavy atom.